The van der Waals surface area contributed by atoms with Gasteiger partial charge in [0, 0.05) is 12.6 Å². The Kier molecular flexibility index (Phi) is 3.89. The smallest absolute Gasteiger partial charge is 0.0579 e. The summed E-state index contributed by atoms with van der Waals surface area (Å²) in [7, 11) is 0. The van der Waals surface area contributed by atoms with Crippen LogP contribution in [0.15, 0.2) is 0 Å². The van der Waals surface area contributed by atoms with Gasteiger partial charge in [-0.1, -0.05) is 0 Å². The fourth-order valence-corrected chi connectivity index (χ4v) is 3.65. The molecule has 4 nitrogen and oxygen atoms in total. The first-order valence-electron chi connectivity index (χ1n) is 7.46. The van der Waals surface area contributed by atoms with E-state index < -0.39 is 0 Å². The van der Waals surface area contributed by atoms with Crippen LogP contribution in [0.2, 0.25) is 0 Å². The van der Waals surface area contributed by atoms with Gasteiger partial charge in [0.15, 0.2) is 0 Å². The van der Waals surface area contributed by atoms with Crippen LogP contribution in [0.1, 0.15) is 25.7 Å². The van der Waals surface area contributed by atoms with Crippen molar-refractivity contribution in [1.82, 2.24) is 9.80 Å². The van der Waals surface area contributed by atoms with E-state index >= 15 is 0 Å². The molecule has 0 unspecified atom stereocenters. The Hall–Kier alpha value is -0.160. The molecule has 3 aliphatic rings. The zero-order valence-corrected chi connectivity index (χ0v) is 11.3. The summed E-state index contributed by atoms with van der Waals surface area (Å²) >= 11 is 0. The second kappa shape index (κ2) is 5.45. The molecule has 18 heavy (non-hydrogen) atoms. The zero-order valence-electron chi connectivity index (χ0n) is 11.3. The third-order valence-electron chi connectivity index (χ3n) is 4.93. The van der Waals surface area contributed by atoms with Crippen LogP contribution in [0.25, 0.3) is 0 Å². The van der Waals surface area contributed by atoms with Crippen molar-refractivity contribution < 1.29 is 9.84 Å². The van der Waals surface area contributed by atoms with Crippen LogP contribution >= 0.6 is 0 Å². The average Bonchev–Trinajstić information content (AvgIpc) is 2.88. The van der Waals surface area contributed by atoms with Crippen LogP contribution in [0, 0.1) is 5.41 Å². The fourth-order valence-electron chi connectivity index (χ4n) is 3.65. The van der Waals surface area contributed by atoms with Crippen LogP contribution in [0.5, 0.6) is 0 Å². The molecule has 0 amide bonds. The maximum atomic E-state index is 9.48. The highest BCUT2D eigenvalue weighted by Gasteiger charge is 2.40. The minimum absolute atomic E-state index is 0.0560. The zero-order chi connectivity index (χ0) is 12.4. The Morgan fingerprint density at radius 3 is 2.22 bits per heavy atom. The van der Waals surface area contributed by atoms with E-state index in [0.717, 1.165) is 25.8 Å². The topological polar surface area (TPSA) is 35.9 Å². The average molecular weight is 254 g/mol. The van der Waals surface area contributed by atoms with Crippen LogP contribution in [-0.2, 0) is 4.74 Å². The number of hydrogen-bond acceptors (Lipinski definition) is 4. The van der Waals surface area contributed by atoms with Crippen LogP contribution in [0.3, 0.4) is 0 Å². The highest BCUT2D eigenvalue weighted by atomic mass is 16.5. The van der Waals surface area contributed by atoms with Crippen LogP contribution in [-0.4, -0.2) is 73.5 Å². The molecule has 3 aliphatic heterocycles. The first-order chi connectivity index (χ1) is 8.81. The van der Waals surface area contributed by atoms with Gasteiger partial charge in [-0.05, 0) is 51.9 Å². The van der Waals surface area contributed by atoms with Crippen LogP contribution in [0.4, 0.5) is 0 Å². The summed E-state index contributed by atoms with van der Waals surface area (Å²) in [5.41, 5.74) is 0.0560. The minimum Gasteiger partial charge on any atom is -0.396 e. The first kappa shape index (κ1) is 12.9. The van der Waals surface area contributed by atoms with Crippen LogP contribution < -0.4 is 0 Å². The van der Waals surface area contributed by atoms with Crippen molar-refractivity contribution in [3.63, 3.8) is 0 Å². The molecule has 0 saturated carbocycles. The molecule has 0 bridgehead atoms. The number of ether oxygens (including phenoxy) is 1. The fraction of sp³-hybridized carbons (Fsp3) is 1.00. The maximum absolute atomic E-state index is 9.48. The summed E-state index contributed by atoms with van der Waals surface area (Å²) in [5.74, 6) is 0. The third kappa shape index (κ3) is 2.57. The van der Waals surface area contributed by atoms with Crippen molar-refractivity contribution in [1.29, 1.82) is 0 Å². The summed E-state index contributed by atoms with van der Waals surface area (Å²) in [5, 5.41) is 9.48. The highest BCUT2D eigenvalue weighted by molar-refractivity contribution is 4.90. The number of nitrogens with zero attached hydrogens (tertiary/aromatic N) is 2. The monoisotopic (exact) mass is 254 g/mol. The van der Waals surface area contributed by atoms with Gasteiger partial charge in [-0.2, -0.15) is 0 Å². The molecular weight excluding hydrogens is 228 g/mol. The quantitative estimate of drug-likeness (QED) is 0.795. The molecule has 3 fully saturated rings. The highest BCUT2D eigenvalue weighted by Crippen LogP contribution is 2.30. The van der Waals surface area contributed by atoms with E-state index in [9.17, 15) is 5.11 Å². The molecule has 104 valence electrons. The largest absolute Gasteiger partial charge is 0.396 e. The third-order valence-corrected chi connectivity index (χ3v) is 4.93. The molecule has 3 rings (SSSR count). The van der Waals surface area contributed by atoms with Gasteiger partial charge in [-0.3, -0.25) is 0 Å². The molecule has 0 radical (unpaired) electrons. The van der Waals surface area contributed by atoms with Crippen molar-refractivity contribution in [3.05, 3.63) is 0 Å². The van der Waals surface area contributed by atoms with Gasteiger partial charge in [-0.15, -0.1) is 0 Å². The Balaban J connectivity index is 1.45. The molecular formula is C14H26N2O2. The van der Waals surface area contributed by atoms with E-state index in [-0.39, 0.29) is 12.0 Å². The molecule has 0 aromatic rings. The Morgan fingerprint density at radius 2 is 1.72 bits per heavy atom. The summed E-state index contributed by atoms with van der Waals surface area (Å²) < 4.78 is 5.28. The summed E-state index contributed by atoms with van der Waals surface area (Å²) in [6, 6.07) is 0.825. The molecule has 0 aromatic heterocycles. The van der Waals surface area contributed by atoms with E-state index in [4.69, 9.17) is 4.74 Å². The lowest BCUT2D eigenvalue weighted by Gasteiger charge is -2.45. The molecule has 0 atom stereocenters. The van der Waals surface area contributed by atoms with Crippen molar-refractivity contribution in [3.8, 4) is 0 Å². The molecule has 0 aliphatic carbocycles. The van der Waals surface area contributed by atoms with Gasteiger partial charge in [0.1, 0.15) is 0 Å². The lowest BCUT2D eigenvalue weighted by atomic mass is 9.85. The molecule has 1 N–H and O–H groups in total. The van der Waals surface area contributed by atoms with E-state index in [1.54, 1.807) is 0 Å². The van der Waals surface area contributed by atoms with E-state index in [0.29, 0.717) is 0 Å². The Morgan fingerprint density at radius 1 is 1.06 bits per heavy atom. The number of piperidine rings is 1. The molecule has 0 spiro atoms. The molecule has 4 heteroatoms. The Labute approximate surface area is 110 Å². The molecule has 3 heterocycles. The first-order valence-corrected chi connectivity index (χ1v) is 7.46. The summed E-state index contributed by atoms with van der Waals surface area (Å²) in [4.78, 5) is 5.22. The van der Waals surface area contributed by atoms with Gasteiger partial charge in [0.25, 0.3) is 0 Å². The van der Waals surface area contributed by atoms with Crippen molar-refractivity contribution >= 4 is 0 Å². The second-order valence-corrected chi connectivity index (χ2v) is 6.40. The number of aliphatic hydroxyl groups is 1. The number of hydrogen-bond donors (Lipinski definition) is 1. The molecule has 3 saturated heterocycles. The predicted molar refractivity (Wildman–Crippen MR) is 70.6 cm³/mol. The normalized spacial score (nSPS) is 30.5. The van der Waals surface area contributed by atoms with Crippen molar-refractivity contribution in [2.45, 2.75) is 31.7 Å². The number of rotatable bonds is 4. The number of likely N-dealkylation sites (tertiary alicyclic amines) is 2. The standard InChI is InChI=1S/C14H26N2O2/c17-10-14(11-18-12-14)9-15-7-3-13(4-8-15)16-5-1-2-6-16/h13,17H,1-12H2. The second-order valence-electron chi connectivity index (χ2n) is 6.40. The van der Waals surface area contributed by atoms with Gasteiger partial charge in [0.2, 0.25) is 0 Å². The van der Waals surface area contributed by atoms with E-state index in [1.807, 2.05) is 0 Å². The predicted octanol–water partition coefficient (Wildman–Crippen LogP) is 0.556. The van der Waals surface area contributed by atoms with E-state index in [2.05, 4.69) is 9.80 Å². The summed E-state index contributed by atoms with van der Waals surface area (Å²) in [6.07, 6.45) is 5.40. The van der Waals surface area contributed by atoms with Gasteiger partial charge in [0.05, 0.1) is 25.2 Å². The van der Waals surface area contributed by atoms with Crippen molar-refractivity contribution in [2.75, 3.05) is 52.5 Å². The lowest BCUT2D eigenvalue weighted by Crippen LogP contribution is -2.55. The minimum atomic E-state index is 0.0560. The van der Waals surface area contributed by atoms with E-state index in [1.165, 1.54) is 51.9 Å². The van der Waals surface area contributed by atoms with Gasteiger partial charge < -0.3 is 19.6 Å². The van der Waals surface area contributed by atoms with Gasteiger partial charge >= 0.3 is 0 Å². The van der Waals surface area contributed by atoms with Gasteiger partial charge in [-0.25, -0.2) is 0 Å². The van der Waals surface area contributed by atoms with Crippen molar-refractivity contribution in [2.24, 2.45) is 5.41 Å². The maximum Gasteiger partial charge on any atom is 0.0579 e. The molecule has 0 aromatic carbocycles. The number of aliphatic hydroxyl groups excluding tert-OH is 1. The SMILES string of the molecule is OCC1(CN2CCC(N3CCCC3)CC2)COC1. The summed E-state index contributed by atoms with van der Waals surface area (Å²) in [6.45, 7) is 7.82. The Bertz CT molecular complexity index is 261. The lowest BCUT2D eigenvalue weighted by molar-refractivity contribution is -0.150.